The van der Waals surface area contributed by atoms with Gasteiger partial charge >= 0.3 is 0 Å². The second kappa shape index (κ2) is 8.09. The van der Waals surface area contributed by atoms with Gasteiger partial charge in [-0.1, -0.05) is 46.0 Å². The van der Waals surface area contributed by atoms with E-state index in [0.717, 1.165) is 19.3 Å². The Hall–Kier alpha value is -0.530. The number of unbranched alkanes of at least 4 members (excludes halogenated alkanes) is 2. The van der Waals surface area contributed by atoms with Crippen LogP contribution >= 0.6 is 0 Å². The predicted molar refractivity (Wildman–Crippen MR) is 55.3 cm³/mol. The molecule has 2 heteroatoms. The van der Waals surface area contributed by atoms with Crippen LogP contribution in [0.25, 0.3) is 0 Å². The molecule has 0 rings (SSSR count). The molecule has 0 aliphatic heterocycles. The maximum atomic E-state index is 10.6. The lowest BCUT2D eigenvalue weighted by Crippen LogP contribution is -2.09. The first-order chi connectivity index (χ1) is 6.20. The molecule has 1 radical (unpaired) electrons. The molecule has 0 aromatic rings. The standard InChI is InChI=1S/C11H22NO/c1-3-5-6-8-10(7-4-2)9-11(12)13/h10,12H,3-9H2,1-2H3. The van der Waals surface area contributed by atoms with Gasteiger partial charge in [0.2, 0.25) is 5.91 Å². The Bertz CT molecular complexity index is 134. The Morgan fingerprint density at radius 3 is 2.31 bits per heavy atom. The highest BCUT2D eigenvalue weighted by atomic mass is 16.1. The van der Waals surface area contributed by atoms with Gasteiger partial charge in [0.15, 0.2) is 0 Å². The van der Waals surface area contributed by atoms with Gasteiger partial charge in [-0.3, -0.25) is 10.5 Å². The van der Waals surface area contributed by atoms with Crippen LogP contribution in [0.3, 0.4) is 0 Å². The van der Waals surface area contributed by atoms with Crippen molar-refractivity contribution in [3.63, 3.8) is 0 Å². The molecule has 0 aromatic carbocycles. The van der Waals surface area contributed by atoms with Gasteiger partial charge in [0.25, 0.3) is 0 Å². The molecular formula is C11H22NO. The van der Waals surface area contributed by atoms with Crippen molar-refractivity contribution in [3.05, 3.63) is 0 Å². The molecule has 0 aliphatic rings. The number of hydrogen-bond acceptors (Lipinski definition) is 1. The number of amides is 1. The van der Waals surface area contributed by atoms with E-state index in [-0.39, 0.29) is 0 Å². The quantitative estimate of drug-likeness (QED) is 0.534. The fourth-order valence-electron chi connectivity index (χ4n) is 1.70. The lowest BCUT2D eigenvalue weighted by Gasteiger charge is -2.12. The first-order valence-electron chi connectivity index (χ1n) is 5.45. The smallest absolute Gasteiger partial charge is 0.238 e. The normalized spacial score (nSPS) is 12.8. The molecule has 0 bridgehead atoms. The summed E-state index contributed by atoms with van der Waals surface area (Å²) in [5.74, 6) is 0.0801. The highest BCUT2D eigenvalue weighted by Gasteiger charge is 2.10. The van der Waals surface area contributed by atoms with Crippen molar-refractivity contribution in [2.45, 2.75) is 58.8 Å². The summed E-state index contributed by atoms with van der Waals surface area (Å²) in [6.07, 6.45) is 7.54. The molecule has 1 N–H and O–H groups in total. The zero-order valence-electron chi connectivity index (χ0n) is 8.94. The van der Waals surface area contributed by atoms with Gasteiger partial charge in [-0.15, -0.1) is 0 Å². The van der Waals surface area contributed by atoms with E-state index in [2.05, 4.69) is 13.8 Å². The minimum absolute atomic E-state index is 0.394. The Labute approximate surface area is 81.9 Å². The zero-order valence-corrected chi connectivity index (χ0v) is 8.94. The average Bonchev–Trinajstić information content (AvgIpc) is 2.04. The van der Waals surface area contributed by atoms with Crippen LogP contribution in [0.1, 0.15) is 58.8 Å². The van der Waals surface area contributed by atoms with Gasteiger partial charge in [-0.25, -0.2) is 0 Å². The lowest BCUT2D eigenvalue weighted by molar-refractivity contribution is -0.119. The lowest BCUT2D eigenvalue weighted by atomic mass is 9.93. The molecule has 1 atom stereocenters. The monoisotopic (exact) mass is 184 g/mol. The van der Waals surface area contributed by atoms with E-state index in [1.165, 1.54) is 19.3 Å². The minimum Gasteiger partial charge on any atom is -0.273 e. The molecule has 0 aliphatic carbocycles. The number of nitrogens with one attached hydrogen (secondary N) is 1. The highest BCUT2D eigenvalue weighted by Crippen LogP contribution is 2.18. The van der Waals surface area contributed by atoms with Gasteiger partial charge in [0.05, 0.1) is 0 Å². The number of hydrogen-bond donors (Lipinski definition) is 0. The van der Waals surface area contributed by atoms with Crippen LogP contribution in [0.5, 0.6) is 0 Å². The van der Waals surface area contributed by atoms with Gasteiger partial charge in [-0.2, -0.15) is 0 Å². The minimum atomic E-state index is -0.394. The third kappa shape index (κ3) is 7.82. The van der Waals surface area contributed by atoms with E-state index >= 15 is 0 Å². The first-order valence-corrected chi connectivity index (χ1v) is 5.45. The Morgan fingerprint density at radius 2 is 1.85 bits per heavy atom. The average molecular weight is 184 g/mol. The number of carbonyl (C=O) groups is 1. The van der Waals surface area contributed by atoms with Crippen molar-refractivity contribution < 1.29 is 4.79 Å². The molecule has 0 fully saturated rings. The fourth-order valence-corrected chi connectivity index (χ4v) is 1.70. The van der Waals surface area contributed by atoms with Gasteiger partial charge < -0.3 is 0 Å². The summed E-state index contributed by atoms with van der Waals surface area (Å²) in [6.45, 7) is 4.33. The van der Waals surface area contributed by atoms with E-state index in [4.69, 9.17) is 5.73 Å². The second-order valence-corrected chi connectivity index (χ2v) is 3.78. The third-order valence-electron chi connectivity index (χ3n) is 2.39. The molecule has 0 heterocycles. The topological polar surface area (TPSA) is 40.9 Å². The fraction of sp³-hybridized carbons (Fsp3) is 0.909. The van der Waals surface area contributed by atoms with Crippen molar-refractivity contribution in [1.82, 2.24) is 5.73 Å². The van der Waals surface area contributed by atoms with Crippen LogP contribution < -0.4 is 5.73 Å². The second-order valence-electron chi connectivity index (χ2n) is 3.78. The molecule has 0 saturated heterocycles. The van der Waals surface area contributed by atoms with Crippen LogP contribution in [0.2, 0.25) is 0 Å². The Balaban J connectivity index is 3.59. The van der Waals surface area contributed by atoms with Crippen molar-refractivity contribution in [3.8, 4) is 0 Å². The van der Waals surface area contributed by atoms with Crippen molar-refractivity contribution >= 4 is 5.91 Å². The van der Waals surface area contributed by atoms with Gasteiger partial charge in [0, 0.05) is 6.42 Å². The van der Waals surface area contributed by atoms with E-state index in [1.807, 2.05) is 0 Å². The highest BCUT2D eigenvalue weighted by molar-refractivity contribution is 5.73. The summed E-state index contributed by atoms with van der Waals surface area (Å²) in [7, 11) is 0. The zero-order chi connectivity index (χ0) is 10.1. The number of rotatable bonds is 8. The Kier molecular flexibility index (Phi) is 7.76. The summed E-state index contributed by atoms with van der Waals surface area (Å²) < 4.78 is 0. The summed E-state index contributed by atoms with van der Waals surface area (Å²) in [6, 6.07) is 0. The van der Waals surface area contributed by atoms with Crippen LogP contribution in [-0.4, -0.2) is 5.91 Å². The maximum Gasteiger partial charge on any atom is 0.238 e. The molecule has 0 aromatic heterocycles. The summed E-state index contributed by atoms with van der Waals surface area (Å²) in [5, 5.41) is 0. The van der Waals surface area contributed by atoms with Crippen molar-refractivity contribution in [2.75, 3.05) is 0 Å². The maximum absolute atomic E-state index is 10.6. The number of carbonyl (C=O) groups excluding carboxylic acids is 1. The van der Waals surface area contributed by atoms with Crippen LogP contribution in [-0.2, 0) is 4.79 Å². The SMILES string of the molecule is CCCCCC(CCC)CC([NH])=O. The molecule has 1 unspecified atom stereocenters. The Morgan fingerprint density at radius 1 is 1.15 bits per heavy atom. The molecule has 77 valence electrons. The van der Waals surface area contributed by atoms with Crippen LogP contribution in [0.15, 0.2) is 0 Å². The van der Waals surface area contributed by atoms with Crippen LogP contribution in [0, 0.1) is 5.92 Å². The molecule has 0 saturated carbocycles. The summed E-state index contributed by atoms with van der Waals surface area (Å²) in [4.78, 5) is 10.6. The largest absolute Gasteiger partial charge is 0.273 e. The van der Waals surface area contributed by atoms with E-state index in [0.29, 0.717) is 12.3 Å². The molecule has 2 nitrogen and oxygen atoms in total. The van der Waals surface area contributed by atoms with Crippen LogP contribution in [0.4, 0.5) is 0 Å². The van der Waals surface area contributed by atoms with E-state index in [1.54, 1.807) is 0 Å². The van der Waals surface area contributed by atoms with Gasteiger partial charge in [-0.05, 0) is 12.3 Å². The van der Waals surface area contributed by atoms with E-state index < -0.39 is 5.91 Å². The molecule has 1 amide bonds. The molecule has 0 spiro atoms. The summed E-state index contributed by atoms with van der Waals surface area (Å²) >= 11 is 0. The molecule has 13 heavy (non-hydrogen) atoms. The van der Waals surface area contributed by atoms with E-state index in [9.17, 15) is 4.79 Å². The van der Waals surface area contributed by atoms with Crippen molar-refractivity contribution in [2.24, 2.45) is 5.92 Å². The first kappa shape index (κ1) is 12.5. The van der Waals surface area contributed by atoms with Crippen molar-refractivity contribution in [1.29, 1.82) is 0 Å². The van der Waals surface area contributed by atoms with Gasteiger partial charge in [0.1, 0.15) is 0 Å². The molecular weight excluding hydrogens is 162 g/mol. The predicted octanol–water partition coefficient (Wildman–Crippen LogP) is 3.18. The summed E-state index contributed by atoms with van der Waals surface area (Å²) in [5.41, 5.74) is 6.93. The third-order valence-corrected chi connectivity index (χ3v) is 2.39.